The van der Waals surface area contributed by atoms with E-state index in [2.05, 4.69) is 122 Å². The smallest absolute Gasteiger partial charge is 0.0173 e. The van der Waals surface area contributed by atoms with Crippen LogP contribution in [0.4, 0.5) is 0 Å². The maximum absolute atomic E-state index is 2.37. The minimum atomic E-state index is 0.176. The lowest BCUT2D eigenvalue weighted by Crippen LogP contribution is -2.23. The van der Waals surface area contributed by atoms with Crippen LogP contribution in [0.5, 0.6) is 0 Å². The topological polar surface area (TPSA) is 0 Å². The van der Waals surface area contributed by atoms with Gasteiger partial charge in [0, 0.05) is 5.41 Å². The van der Waals surface area contributed by atoms with Crippen molar-refractivity contribution in [3.05, 3.63) is 132 Å². The van der Waals surface area contributed by atoms with Crippen molar-refractivity contribution < 1.29 is 0 Å². The summed E-state index contributed by atoms with van der Waals surface area (Å²) in [7, 11) is 0. The van der Waals surface area contributed by atoms with Gasteiger partial charge >= 0.3 is 0 Å². The predicted molar refractivity (Wildman–Crippen MR) is 157 cm³/mol. The number of rotatable bonds is 2. The van der Waals surface area contributed by atoms with Crippen molar-refractivity contribution in [2.75, 3.05) is 0 Å². The van der Waals surface area contributed by atoms with Gasteiger partial charge in [-0.2, -0.15) is 0 Å². The Kier molecular flexibility index (Phi) is 6.20. The average molecular weight is 467 g/mol. The first-order valence-corrected chi connectivity index (χ1v) is 13.5. The van der Waals surface area contributed by atoms with Gasteiger partial charge in [-0.05, 0) is 87.5 Å². The quantitative estimate of drug-likeness (QED) is 0.227. The monoisotopic (exact) mass is 466 g/mol. The zero-order valence-corrected chi connectivity index (χ0v) is 21.2. The molecule has 36 heavy (non-hydrogen) atoms. The fraction of sp³-hybridized carbons (Fsp3) is 0.222. The molecular weight excluding hydrogens is 432 g/mol. The van der Waals surface area contributed by atoms with E-state index in [1.807, 2.05) is 0 Å². The van der Waals surface area contributed by atoms with Gasteiger partial charge in [0.2, 0.25) is 0 Å². The predicted octanol–water partition coefficient (Wildman–Crippen LogP) is 9.88. The minimum absolute atomic E-state index is 0.176. The van der Waals surface area contributed by atoms with E-state index < -0.39 is 0 Å². The summed E-state index contributed by atoms with van der Waals surface area (Å²) < 4.78 is 0. The molecule has 0 aromatic heterocycles. The van der Waals surface area contributed by atoms with Gasteiger partial charge in [0.1, 0.15) is 0 Å². The Bertz CT molecular complexity index is 1590. The van der Waals surface area contributed by atoms with Crippen LogP contribution in [0.1, 0.15) is 49.3 Å². The summed E-state index contributed by atoms with van der Waals surface area (Å²) in [6.45, 7) is 2.28. The Balaban J connectivity index is 0.000000133. The van der Waals surface area contributed by atoms with Crippen LogP contribution in [-0.4, -0.2) is 0 Å². The molecule has 0 amide bonds. The normalized spacial score (nSPS) is 18.7. The van der Waals surface area contributed by atoms with Crippen LogP contribution in [0.3, 0.4) is 0 Å². The van der Waals surface area contributed by atoms with Crippen molar-refractivity contribution in [2.45, 2.75) is 50.9 Å². The molecule has 0 heterocycles. The number of allylic oxidation sites excluding steroid dienone is 4. The summed E-state index contributed by atoms with van der Waals surface area (Å²) in [6, 6.07) is 33.3. The third-order valence-corrected chi connectivity index (χ3v) is 8.36. The second-order valence-electron chi connectivity index (χ2n) is 10.3. The highest BCUT2D eigenvalue weighted by atomic mass is 14.3. The molecule has 178 valence electrons. The van der Waals surface area contributed by atoms with Crippen molar-refractivity contribution in [3.8, 4) is 0 Å². The maximum atomic E-state index is 2.37. The zero-order valence-electron chi connectivity index (χ0n) is 21.2. The van der Waals surface area contributed by atoms with Crippen molar-refractivity contribution >= 4 is 32.3 Å². The number of hydrogen-bond acceptors (Lipinski definition) is 0. The van der Waals surface area contributed by atoms with Crippen molar-refractivity contribution in [1.82, 2.24) is 0 Å². The molecule has 0 saturated carbocycles. The standard InChI is InChI=1S/C18H16.C18H18/c1-3-7-15-13(5-1)9-11-18-16-8-4-2-6-14(16)10-12-17(15)18;1-2-18(13-6-3-7-14-18)17-12-8-10-15-9-4-5-11-16(15)17/h1,3,5,7,9-12H,2,4,6,8H2;3-13H,2,14H2,1H3. The SMILES string of the molecule is CCC1(c2cccc3ccccc23)C=CC=CC1.c1ccc2c(c1)ccc1c3c(ccc12)CCCC3. The highest BCUT2D eigenvalue weighted by molar-refractivity contribution is 6.08. The van der Waals surface area contributed by atoms with E-state index in [9.17, 15) is 0 Å². The first-order chi connectivity index (χ1) is 17.8. The lowest BCUT2D eigenvalue weighted by Gasteiger charge is -2.32. The lowest BCUT2D eigenvalue weighted by atomic mass is 9.72. The van der Waals surface area contributed by atoms with E-state index in [1.165, 1.54) is 63.6 Å². The Morgan fingerprint density at radius 2 is 1.33 bits per heavy atom. The van der Waals surface area contributed by atoms with E-state index >= 15 is 0 Å². The largest absolute Gasteiger partial charge is 0.0833 e. The second-order valence-corrected chi connectivity index (χ2v) is 10.3. The van der Waals surface area contributed by atoms with Gasteiger partial charge in [0.25, 0.3) is 0 Å². The molecule has 0 spiro atoms. The van der Waals surface area contributed by atoms with Crippen LogP contribution in [0.25, 0.3) is 32.3 Å². The molecule has 1 unspecified atom stereocenters. The molecule has 0 saturated heterocycles. The van der Waals surface area contributed by atoms with Gasteiger partial charge in [-0.25, -0.2) is 0 Å². The zero-order chi connectivity index (χ0) is 24.4. The minimum Gasteiger partial charge on any atom is -0.0833 e. The van der Waals surface area contributed by atoms with Crippen molar-refractivity contribution in [3.63, 3.8) is 0 Å². The summed E-state index contributed by atoms with van der Waals surface area (Å²) in [4.78, 5) is 0. The van der Waals surface area contributed by atoms with Crippen LogP contribution >= 0.6 is 0 Å². The van der Waals surface area contributed by atoms with Gasteiger partial charge < -0.3 is 0 Å². The first kappa shape index (κ1) is 22.8. The molecule has 7 rings (SSSR count). The first-order valence-electron chi connectivity index (χ1n) is 13.5. The molecule has 0 nitrogen and oxygen atoms in total. The van der Waals surface area contributed by atoms with E-state index in [-0.39, 0.29) is 5.41 Å². The number of hydrogen-bond donors (Lipinski definition) is 0. The summed E-state index contributed by atoms with van der Waals surface area (Å²) in [5, 5.41) is 8.37. The number of benzene rings is 5. The maximum Gasteiger partial charge on any atom is 0.0173 e. The summed E-state index contributed by atoms with van der Waals surface area (Å²) in [5.74, 6) is 0. The summed E-state index contributed by atoms with van der Waals surface area (Å²) in [6.07, 6.45) is 16.5. The Morgan fingerprint density at radius 1 is 0.611 bits per heavy atom. The fourth-order valence-corrected chi connectivity index (χ4v) is 6.32. The molecular formula is C36H34. The van der Waals surface area contributed by atoms with Crippen LogP contribution in [0, 0.1) is 0 Å². The van der Waals surface area contributed by atoms with Gasteiger partial charge in [-0.1, -0.05) is 122 Å². The highest BCUT2D eigenvalue weighted by Crippen LogP contribution is 2.39. The average Bonchev–Trinajstić information content (AvgIpc) is 2.97. The van der Waals surface area contributed by atoms with Gasteiger partial charge in [0.05, 0.1) is 0 Å². The molecule has 0 radical (unpaired) electrons. The van der Waals surface area contributed by atoms with Gasteiger partial charge in [-0.15, -0.1) is 0 Å². The number of fused-ring (bicyclic) bond motifs is 6. The highest BCUT2D eigenvalue weighted by Gasteiger charge is 2.28. The third kappa shape index (κ3) is 4.05. The van der Waals surface area contributed by atoms with Crippen LogP contribution < -0.4 is 0 Å². The van der Waals surface area contributed by atoms with E-state index in [4.69, 9.17) is 0 Å². The molecule has 0 aliphatic heterocycles. The van der Waals surface area contributed by atoms with Crippen LogP contribution in [0.15, 0.2) is 115 Å². The van der Waals surface area contributed by atoms with Crippen LogP contribution in [0.2, 0.25) is 0 Å². The Morgan fingerprint density at radius 3 is 2.14 bits per heavy atom. The molecule has 1 atom stereocenters. The molecule has 5 aromatic carbocycles. The van der Waals surface area contributed by atoms with Gasteiger partial charge in [0.15, 0.2) is 0 Å². The third-order valence-electron chi connectivity index (χ3n) is 8.36. The van der Waals surface area contributed by atoms with E-state index in [0.29, 0.717) is 0 Å². The number of aryl methyl sites for hydroxylation is 2. The van der Waals surface area contributed by atoms with Crippen molar-refractivity contribution in [2.24, 2.45) is 0 Å². The molecule has 0 heteroatoms. The summed E-state index contributed by atoms with van der Waals surface area (Å²) >= 11 is 0. The fourth-order valence-electron chi connectivity index (χ4n) is 6.32. The molecule has 2 aliphatic carbocycles. The Hall–Kier alpha value is -3.64. The van der Waals surface area contributed by atoms with E-state index in [1.54, 1.807) is 11.1 Å². The molecule has 2 aliphatic rings. The van der Waals surface area contributed by atoms with Crippen molar-refractivity contribution in [1.29, 1.82) is 0 Å². The molecule has 0 fully saturated rings. The molecule has 5 aromatic rings. The molecule has 0 bridgehead atoms. The second kappa shape index (κ2) is 9.78. The summed E-state index contributed by atoms with van der Waals surface area (Å²) in [5.41, 5.74) is 4.81. The van der Waals surface area contributed by atoms with Crippen LogP contribution in [-0.2, 0) is 18.3 Å². The van der Waals surface area contributed by atoms with Gasteiger partial charge in [-0.3, -0.25) is 0 Å². The molecule has 0 N–H and O–H groups in total. The van der Waals surface area contributed by atoms with E-state index in [0.717, 1.165) is 12.8 Å². The lowest BCUT2D eigenvalue weighted by molar-refractivity contribution is 0.522. The Labute approximate surface area is 215 Å².